The molecule has 1 aromatic heterocycles. The van der Waals surface area contributed by atoms with Crippen LogP contribution in [0.3, 0.4) is 0 Å². The zero-order valence-electron chi connectivity index (χ0n) is 13.5. The van der Waals surface area contributed by atoms with Crippen LogP contribution in [0, 0.1) is 0 Å². The fourth-order valence-electron chi connectivity index (χ4n) is 3.18. The van der Waals surface area contributed by atoms with Crippen LogP contribution in [-0.2, 0) is 16.4 Å². The van der Waals surface area contributed by atoms with Crippen molar-refractivity contribution in [1.82, 2.24) is 5.32 Å². The van der Waals surface area contributed by atoms with Crippen LogP contribution in [0.4, 0.5) is 0 Å². The Morgan fingerprint density at radius 3 is 2.60 bits per heavy atom. The van der Waals surface area contributed by atoms with Crippen LogP contribution in [0.25, 0.3) is 11.0 Å². The third kappa shape index (κ3) is 2.95. The Morgan fingerprint density at radius 2 is 1.88 bits per heavy atom. The average Bonchev–Trinajstić information content (AvgIpc) is 2.97. The molecule has 2 aromatic carbocycles. The first-order valence-electron chi connectivity index (χ1n) is 7.74. The van der Waals surface area contributed by atoms with E-state index >= 15 is 0 Å². The Morgan fingerprint density at radius 1 is 1.16 bits per heavy atom. The molecule has 132 valence electrons. The minimum Gasteiger partial charge on any atom is -0.459 e. The van der Waals surface area contributed by atoms with Crippen molar-refractivity contribution < 1.29 is 12.8 Å². The van der Waals surface area contributed by atoms with Crippen molar-refractivity contribution in [3.63, 3.8) is 0 Å². The van der Waals surface area contributed by atoms with E-state index in [2.05, 4.69) is 12.2 Å². The average molecular weight is 398 g/mol. The van der Waals surface area contributed by atoms with Crippen molar-refractivity contribution in [2.75, 3.05) is 6.54 Å². The molecule has 1 N–H and O–H groups in total. The van der Waals surface area contributed by atoms with Gasteiger partial charge in [-0.3, -0.25) is 0 Å². The van der Waals surface area contributed by atoms with Crippen molar-refractivity contribution in [3.8, 4) is 0 Å². The molecule has 1 aliphatic heterocycles. The molecule has 3 aromatic rings. The van der Waals surface area contributed by atoms with Crippen LogP contribution in [0.5, 0.6) is 0 Å². The molecule has 1 unspecified atom stereocenters. The molecule has 0 fully saturated rings. The van der Waals surface area contributed by atoms with Gasteiger partial charge in [-0.05, 0) is 24.3 Å². The molecule has 0 spiro atoms. The summed E-state index contributed by atoms with van der Waals surface area (Å²) in [5, 5.41) is 4.42. The molecule has 25 heavy (non-hydrogen) atoms. The lowest BCUT2D eigenvalue weighted by Gasteiger charge is -2.18. The highest BCUT2D eigenvalue weighted by Gasteiger charge is 2.27. The standard InChI is InChI=1S/C18H16ClNO3S.ClH/c1-11-9-20-10-15-14-7-13(8-16(19)18(14)23-17(11)15)24(21,22)12-5-3-2-4-6-12;/h2-8,11,20H,9-10H2,1H3;1H. The van der Waals surface area contributed by atoms with Gasteiger partial charge in [0.15, 0.2) is 5.58 Å². The van der Waals surface area contributed by atoms with E-state index in [1.54, 1.807) is 36.4 Å². The lowest BCUT2D eigenvalue weighted by atomic mass is 9.99. The van der Waals surface area contributed by atoms with E-state index in [9.17, 15) is 8.42 Å². The second-order valence-electron chi connectivity index (χ2n) is 6.08. The van der Waals surface area contributed by atoms with Crippen molar-refractivity contribution >= 4 is 44.8 Å². The highest BCUT2D eigenvalue weighted by molar-refractivity contribution is 7.91. The maximum Gasteiger partial charge on any atom is 0.206 e. The van der Waals surface area contributed by atoms with Crippen LogP contribution in [0.1, 0.15) is 24.2 Å². The van der Waals surface area contributed by atoms with Crippen LogP contribution in [0.2, 0.25) is 5.02 Å². The number of nitrogens with one attached hydrogen (secondary N) is 1. The first kappa shape index (κ1) is 18.3. The number of fused-ring (bicyclic) bond motifs is 3. The minimum absolute atomic E-state index is 0. The molecular weight excluding hydrogens is 381 g/mol. The SMILES string of the molecule is CC1CNCc2c1oc1c(Cl)cc(S(=O)(=O)c3ccccc3)cc21.Cl. The van der Waals surface area contributed by atoms with E-state index in [-0.39, 0.29) is 28.1 Å². The number of rotatable bonds is 2. The highest BCUT2D eigenvalue weighted by atomic mass is 35.5. The van der Waals surface area contributed by atoms with E-state index in [1.165, 1.54) is 6.07 Å². The third-order valence-electron chi connectivity index (χ3n) is 4.42. The molecule has 0 bridgehead atoms. The molecule has 0 saturated heterocycles. The van der Waals surface area contributed by atoms with Gasteiger partial charge in [0.05, 0.1) is 14.8 Å². The van der Waals surface area contributed by atoms with Gasteiger partial charge in [-0.25, -0.2) is 8.42 Å². The Kier molecular flexibility index (Phi) is 4.86. The number of halogens is 2. The van der Waals surface area contributed by atoms with Crippen LogP contribution < -0.4 is 5.32 Å². The Hall–Kier alpha value is -1.53. The lowest BCUT2D eigenvalue weighted by molar-refractivity contribution is 0.451. The van der Waals surface area contributed by atoms with Gasteiger partial charge < -0.3 is 9.73 Å². The summed E-state index contributed by atoms with van der Waals surface area (Å²) < 4.78 is 31.7. The molecule has 2 heterocycles. The Balaban J connectivity index is 0.00000182. The molecule has 1 atom stereocenters. The second-order valence-corrected chi connectivity index (χ2v) is 8.43. The number of hydrogen-bond donors (Lipinski definition) is 1. The van der Waals surface area contributed by atoms with Gasteiger partial charge in [0.2, 0.25) is 9.84 Å². The van der Waals surface area contributed by atoms with E-state index in [4.69, 9.17) is 16.0 Å². The van der Waals surface area contributed by atoms with Crippen molar-refractivity contribution in [2.45, 2.75) is 29.2 Å². The summed E-state index contributed by atoms with van der Waals surface area (Å²) in [7, 11) is -3.62. The number of furan rings is 1. The van der Waals surface area contributed by atoms with Crippen molar-refractivity contribution in [1.29, 1.82) is 0 Å². The maximum absolute atomic E-state index is 12.9. The molecule has 0 saturated carbocycles. The summed E-state index contributed by atoms with van der Waals surface area (Å²) in [5.41, 5.74) is 1.56. The predicted molar refractivity (Wildman–Crippen MR) is 100 cm³/mol. The minimum atomic E-state index is -3.62. The zero-order chi connectivity index (χ0) is 16.9. The smallest absolute Gasteiger partial charge is 0.206 e. The molecule has 4 nitrogen and oxygen atoms in total. The lowest BCUT2D eigenvalue weighted by Crippen LogP contribution is -2.25. The second kappa shape index (κ2) is 6.65. The molecule has 0 aliphatic carbocycles. The number of hydrogen-bond acceptors (Lipinski definition) is 4. The van der Waals surface area contributed by atoms with Gasteiger partial charge in [-0.1, -0.05) is 36.7 Å². The van der Waals surface area contributed by atoms with Crippen molar-refractivity contribution in [2.24, 2.45) is 0 Å². The summed E-state index contributed by atoms with van der Waals surface area (Å²) in [4.78, 5) is 0.442. The topological polar surface area (TPSA) is 59.3 Å². The summed E-state index contributed by atoms with van der Waals surface area (Å²) in [6, 6.07) is 11.5. The molecular formula is C18H17Cl2NO3S. The largest absolute Gasteiger partial charge is 0.459 e. The van der Waals surface area contributed by atoms with Gasteiger partial charge in [-0.2, -0.15) is 0 Å². The molecule has 7 heteroatoms. The zero-order valence-corrected chi connectivity index (χ0v) is 15.8. The van der Waals surface area contributed by atoms with E-state index in [0.29, 0.717) is 17.2 Å². The van der Waals surface area contributed by atoms with Gasteiger partial charge in [-0.15, -0.1) is 12.4 Å². The number of sulfone groups is 1. The molecule has 1 aliphatic rings. The summed E-state index contributed by atoms with van der Waals surface area (Å²) in [6.45, 7) is 3.56. The highest BCUT2D eigenvalue weighted by Crippen LogP contribution is 2.39. The third-order valence-corrected chi connectivity index (χ3v) is 6.45. The summed E-state index contributed by atoms with van der Waals surface area (Å²) >= 11 is 6.34. The van der Waals surface area contributed by atoms with Crippen molar-refractivity contribution in [3.05, 3.63) is 58.8 Å². The monoisotopic (exact) mass is 397 g/mol. The Labute approximate surface area is 157 Å². The Bertz CT molecular complexity index is 1030. The van der Waals surface area contributed by atoms with Crippen LogP contribution in [0.15, 0.2) is 56.7 Å². The van der Waals surface area contributed by atoms with Gasteiger partial charge in [0, 0.05) is 30.0 Å². The van der Waals surface area contributed by atoms with E-state index in [0.717, 1.165) is 23.3 Å². The van der Waals surface area contributed by atoms with Gasteiger partial charge in [0.25, 0.3) is 0 Å². The first-order chi connectivity index (χ1) is 11.5. The number of benzene rings is 2. The summed E-state index contributed by atoms with van der Waals surface area (Å²) in [5.74, 6) is 1.12. The fraction of sp³-hybridized carbons (Fsp3) is 0.222. The van der Waals surface area contributed by atoms with Crippen LogP contribution >= 0.6 is 24.0 Å². The van der Waals surface area contributed by atoms with E-state index in [1.807, 2.05) is 0 Å². The predicted octanol–water partition coefficient (Wildman–Crippen LogP) is 4.55. The fourth-order valence-corrected chi connectivity index (χ4v) is 4.83. The molecule has 4 rings (SSSR count). The van der Waals surface area contributed by atoms with Crippen LogP contribution in [-0.4, -0.2) is 15.0 Å². The van der Waals surface area contributed by atoms with E-state index < -0.39 is 9.84 Å². The maximum atomic E-state index is 12.9. The molecule has 0 radical (unpaired) electrons. The van der Waals surface area contributed by atoms with Gasteiger partial charge >= 0.3 is 0 Å². The molecule has 0 amide bonds. The summed E-state index contributed by atoms with van der Waals surface area (Å²) in [6.07, 6.45) is 0. The normalized spacial score (nSPS) is 17.1. The van der Waals surface area contributed by atoms with Gasteiger partial charge in [0.1, 0.15) is 5.76 Å². The quantitative estimate of drug-likeness (QED) is 0.688. The first-order valence-corrected chi connectivity index (χ1v) is 9.60.